The fourth-order valence-electron chi connectivity index (χ4n) is 5.42. The van der Waals surface area contributed by atoms with Crippen molar-refractivity contribution in [3.63, 3.8) is 0 Å². The predicted molar refractivity (Wildman–Crippen MR) is 165 cm³/mol. The van der Waals surface area contributed by atoms with Crippen LogP contribution in [-0.2, 0) is 0 Å². The lowest BCUT2D eigenvalue weighted by Gasteiger charge is -2.19. The Morgan fingerprint density at radius 3 is 1.69 bits per heavy atom. The van der Waals surface area contributed by atoms with E-state index in [-0.39, 0.29) is 69.8 Å². The number of furan rings is 1. The van der Waals surface area contributed by atoms with Crippen molar-refractivity contribution >= 4 is 43.5 Å². The highest BCUT2D eigenvalue weighted by Gasteiger charge is 2.19. The van der Waals surface area contributed by atoms with E-state index >= 15 is 0 Å². The van der Waals surface area contributed by atoms with E-state index in [9.17, 15) is 4.11 Å². The molecule has 0 aliphatic heterocycles. The molecule has 0 N–H and O–H groups in total. The maximum Gasteiger partial charge on any atom is 0.135 e. The lowest BCUT2D eigenvalue weighted by atomic mass is 9.83. The largest absolute Gasteiger partial charge is 0.456 e. The Bertz CT molecular complexity index is 2710. The molecule has 0 fully saturated rings. The summed E-state index contributed by atoms with van der Waals surface area (Å²) in [6, 6.07) is 19.5. The van der Waals surface area contributed by atoms with Gasteiger partial charge in [-0.3, -0.25) is 0 Å². The molecular formula is C38H24O. The molecule has 7 aromatic carbocycles. The van der Waals surface area contributed by atoms with E-state index in [1.54, 1.807) is 60.7 Å². The van der Waals surface area contributed by atoms with Gasteiger partial charge in [-0.15, -0.1) is 0 Å². The highest BCUT2D eigenvalue weighted by molar-refractivity contribution is 6.23. The molecule has 8 aromatic rings. The van der Waals surface area contributed by atoms with E-state index in [4.69, 9.17) is 15.4 Å². The normalized spacial score (nSPS) is 15.5. The number of para-hydroxylation sites is 1. The summed E-state index contributed by atoms with van der Waals surface area (Å²) in [5.74, 6) is 0. The molecular weight excluding hydrogens is 472 g/mol. The fraction of sp³-hybridized carbons (Fsp3) is 0. The molecule has 1 aromatic heterocycles. The molecule has 0 spiro atoms. The van der Waals surface area contributed by atoms with Gasteiger partial charge in [0.25, 0.3) is 0 Å². The van der Waals surface area contributed by atoms with E-state index in [2.05, 4.69) is 0 Å². The van der Waals surface area contributed by atoms with Gasteiger partial charge in [-0.25, -0.2) is 0 Å². The molecule has 182 valence electrons. The fourth-order valence-corrected chi connectivity index (χ4v) is 5.42. The summed E-state index contributed by atoms with van der Waals surface area (Å²) in [6.07, 6.45) is 0. The minimum absolute atomic E-state index is 0.00350. The molecule has 0 bridgehead atoms. The second kappa shape index (κ2) is 8.72. The van der Waals surface area contributed by atoms with Crippen LogP contribution in [0.4, 0.5) is 0 Å². The van der Waals surface area contributed by atoms with Crippen molar-refractivity contribution in [2.45, 2.75) is 0 Å². The quantitative estimate of drug-likeness (QED) is 0.217. The second-order valence-electron chi connectivity index (χ2n) is 9.22. The molecule has 0 atom stereocenters. The highest BCUT2D eigenvalue weighted by Crippen LogP contribution is 2.46. The van der Waals surface area contributed by atoms with Gasteiger partial charge < -0.3 is 4.42 Å². The number of benzene rings is 7. The molecule has 39 heavy (non-hydrogen) atoms. The molecule has 1 heterocycles. The van der Waals surface area contributed by atoms with Gasteiger partial charge in [0.15, 0.2) is 0 Å². The third-order valence-corrected chi connectivity index (χ3v) is 7.07. The lowest BCUT2D eigenvalue weighted by Crippen LogP contribution is -1.92. The third-order valence-electron chi connectivity index (χ3n) is 7.07. The lowest BCUT2D eigenvalue weighted by molar-refractivity contribution is 0.669. The first kappa shape index (κ1) is 13.6. The van der Waals surface area contributed by atoms with Gasteiger partial charge in [-0.1, -0.05) is 127 Å². The molecule has 0 radical (unpaired) electrons. The maximum absolute atomic E-state index is 9.52. The molecule has 0 saturated heterocycles. The highest BCUT2D eigenvalue weighted by atomic mass is 16.3. The van der Waals surface area contributed by atoms with Crippen molar-refractivity contribution in [3.8, 4) is 33.4 Å². The van der Waals surface area contributed by atoms with E-state index in [0.29, 0.717) is 49.4 Å². The molecule has 0 aliphatic carbocycles. The molecule has 8 rings (SSSR count). The standard InChI is InChI=1S/C38H24O/c1-2-12-25(13-3-1)27-14-4-5-16-29(27)38-32-19-8-6-17-30(32)37(31-18-7-9-20-33(31)38)26-22-23-36-34(24-26)28-15-10-11-21-35(28)39-36/h1-24H/i4D,5D,10D,11D,14D,15D,16D,21D,22D,23D,24D. The van der Waals surface area contributed by atoms with Crippen molar-refractivity contribution < 1.29 is 19.5 Å². The zero-order valence-corrected chi connectivity index (χ0v) is 20.4. The summed E-state index contributed by atoms with van der Waals surface area (Å²) in [5, 5.41) is 2.26. The van der Waals surface area contributed by atoms with Crippen LogP contribution in [0.5, 0.6) is 0 Å². The van der Waals surface area contributed by atoms with E-state index in [1.165, 1.54) is 0 Å². The molecule has 1 nitrogen and oxygen atoms in total. The van der Waals surface area contributed by atoms with Gasteiger partial charge in [-0.05, 0) is 73.1 Å². The number of hydrogen-bond donors (Lipinski definition) is 0. The topological polar surface area (TPSA) is 13.1 Å². The van der Waals surface area contributed by atoms with Crippen LogP contribution in [0, 0.1) is 0 Å². The summed E-state index contributed by atoms with van der Waals surface area (Å²) >= 11 is 0. The van der Waals surface area contributed by atoms with Gasteiger partial charge >= 0.3 is 0 Å². The van der Waals surface area contributed by atoms with Gasteiger partial charge in [-0.2, -0.15) is 0 Å². The zero-order chi connectivity index (χ0) is 35.3. The van der Waals surface area contributed by atoms with Crippen LogP contribution in [0.25, 0.3) is 76.9 Å². The average Bonchev–Trinajstić information content (AvgIpc) is 3.55. The Morgan fingerprint density at radius 1 is 0.410 bits per heavy atom. The number of fused-ring (bicyclic) bond motifs is 5. The SMILES string of the molecule is [2H]c1c([2H])c([2H])c(-c2c3ccccc3c(-c3c([2H])c([2H])c4oc5c([2H])c([2H])c([2H])c([2H])c5c4c3[2H])c3ccccc23)c(-c2ccccc2)c1[2H]. The van der Waals surface area contributed by atoms with Crippen LogP contribution >= 0.6 is 0 Å². The van der Waals surface area contributed by atoms with Crippen molar-refractivity contribution in [1.82, 2.24) is 0 Å². The molecule has 0 aliphatic rings. The summed E-state index contributed by atoms with van der Waals surface area (Å²) in [5.41, 5.74) is 1.90. The predicted octanol–water partition coefficient (Wildman–Crippen LogP) is 10.9. The smallest absolute Gasteiger partial charge is 0.135 e. The molecule has 0 unspecified atom stereocenters. The van der Waals surface area contributed by atoms with Crippen molar-refractivity contribution in [3.05, 3.63) is 145 Å². The van der Waals surface area contributed by atoms with Crippen molar-refractivity contribution in [2.24, 2.45) is 0 Å². The van der Waals surface area contributed by atoms with Crippen LogP contribution in [0.3, 0.4) is 0 Å². The average molecular weight is 508 g/mol. The maximum atomic E-state index is 9.52. The number of rotatable bonds is 3. The summed E-state index contributed by atoms with van der Waals surface area (Å²) in [6.45, 7) is 0. The van der Waals surface area contributed by atoms with E-state index in [0.717, 1.165) is 0 Å². The Labute approximate surface area is 242 Å². The Kier molecular flexibility index (Phi) is 3.04. The van der Waals surface area contributed by atoms with E-state index in [1.807, 2.05) is 18.2 Å². The zero-order valence-electron chi connectivity index (χ0n) is 31.4. The minimum atomic E-state index is -0.507. The van der Waals surface area contributed by atoms with Crippen molar-refractivity contribution in [2.75, 3.05) is 0 Å². The summed E-state index contributed by atoms with van der Waals surface area (Å²) in [7, 11) is 0. The van der Waals surface area contributed by atoms with Crippen LogP contribution in [0.1, 0.15) is 15.1 Å². The second-order valence-corrected chi connectivity index (χ2v) is 9.22. The Balaban J connectivity index is 1.59. The van der Waals surface area contributed by atoms with Gasteiger partial charge in [0, 0.05) is 10.8 Å². The Morgan fingerprint density at radius 2 is 0.974 bits per heavy atom. The first-order chi connectivity index (χ1) is 24.0. The summed E-state index contributed by atoms with van der Waals surface area (Å²) in [4.78, 5) is 0. The molecule has 0 saturated carbocycles. The van der Waals surface area contributed by atoms with E-state index < -0.39 is 24.2 Å². The van der Waals surface area contributed by atoms with Crippen LogP contribution in [0.2, 0.25) is 0 Å². The first-order valence-electron chi connectivity index (χ1n) is 18.0. The van der Waals surface area contributed by atoms with Crippen molar-refractivity contribution in [1.29, 1.82) is 0 Å². The minimum Gasteiger partial charge on any atom is -0.456 e. The monoisotopic (exact) mass is 507 g/mol. The molecule has 1 heteroatoms. The third kappa shape index (κ3) is 3.41. The first-order valence-corrected chi connectivity index (χ1v) is 12.5. The van der Waals surface area contributed by atoms with Crippen LogP contribution < -0.4 is 0 Å². The van der Waals surface area contributed by atoms with Crippen LogP contribution in [0.15, 0.2) is 150 Å². The van der Waals surface area contributed by atoms with Gasteiger partial charge in [0.05, 0.1) is 15.1 Å². The Hall–Kier alpha value is -5.14. The van der Waals surface area contributed by atoms with Crippen LogP contribution in [-0.4, -0.2) is 0 Å². The number of hydrogen-bond acceptors (Lipinski definition) is 1. The summed E-state index contributed by atoms with van der Waals surface area (Å²) < 4.78 is 102. The van der Waals surface area contributed by atoms with Gasteiger partial charge in [0.2, 0.25) is 0 Å². The van der Waals surface area contributed by atoms with Gasteiger partial charge in [0.1, 0.15) is 11.2 Å². The molecule has 0 amide bonds.